The molecule has 0 amide bonds. The largest absolute Gasteiger partial charge is 0.357 e. The number of benzene rings is 1. The number of hydrogen-bond acceptors (Lipinski definition) is 3. The van der Waals surface area contributed by atoms with Gasteiger partial charge in [-0.15, -0.1) is 24.0 Å². The van der Waals surface area contributed by atoms with Crippen LogP contribution in [-0.2, 0) is 13.1 Å². The first-order valence-electron chi connectivity index (χ1n) is 9.02. The van der Waals surface area contributed by atoms with Crippen LogP contribution in [0.25, 0.3) is 0 Å². The van der Waals surface area contributed by atoms with Crippen LogP contribution >= 0.6 is 24.0 Å². The average molecular weight is 483 g/mol. The van der Waals surface area contributed by atoms with Crippen LogP contribution in [0.2, 0.25) is 0 Å². The molecule has 0 aliphatic carbocycles. The lowest BCUT2D eigenvalue weighted by atomic mass is 10.2. The lowest BCUT2D eigenvalue weighted by Crippen LogP contribution is -2.38. The van der Waals surface area contributed by atoms with Gasteiger partial charge >= 0.3 is 0 Å². The van der Waals surface area contributed by atoms with Crippen molar-refractivity contribution in [1.82, 2.24) is 15.2 Å². The highest BCUT2D eigenvalue weighted by Crippen LogP contribution is 2.17. The van der Waals surface area contributed by atoms with Crippen molar-refractivity contribution in [2.24, 2.45) is 4.99 Å². The van der Waals surface area contributed by atoms with Crippen molar-refractivity contribution in [2.75, 3.05) is 32.1 Å². The zero-order valence-corrected chi connectivity index (χ0v) is 18.2. The number of aliphatic imine (C=N–C) groups is 1. The third-order valence-electron chi connectivity index (χ3n) is 4.57. The Morgan fingerprint density at radius 3 is 2.63 bits per heavy atom. The fourth-order valence-corrected chi connectivity index (χ4v) is 3.20. The Balaban J connectivity index is 0.00000261. The molecule has 1 N–H and O–H groups in total. The zero-order valence-electron chi connectivity index (χ0n) is 15.9. The van der Waals surface area contributed by atoms with Crippen molar-refractivity contribution in [3.63, 3.8) is 0 Å². The van der Waals surface area contributed by atoms with E-state index in [0.29, 0.717) is 13.1 Å². The number of hydrogen-bond donors (Lipinski definition) is 1. The van der Waals surface area contributed by atoms with Crippen LogP contribution in [-0.4, -0.2) is 43.0 Å². The molecule has 5 nitrogen and oxygen atoms in total. The molecule has 1 saturated heterocycles. The summed E-state index contributed by atoms with van der Waals surface area (Å²) in [5.41, 5.74) is 2.01. The van der Waals surface area contributed by atoms with E-state index in [1.54, 1.807) is 19.2 Å². The number of halogens is 2. The minimum atomic E-state index is -0.219. The van der Waals surface area contributed by atoms with E-state index in [-0.39, 0.29) is 29.8 Å². The van der Waals surface area contributed by atoms with Crippen molar-refractivity contribution in [3.05, 3.63) is 59.5 Å². The summed E-state index contributed by atoms with van der Waals surface area (Å²) in [5, 5.41) is 3.34. The number of guanidine groups is 1. The predicted octanol–water partition coefficient (Wildman–Crippen LogP) is 3.65. The molecule has 0 unspecified atom stereocenters. The van der Waals surface area contributed by atoms with Gasteiger partial charge in [-0.1, -0.05) is 18.2 Å². The van der Waals surface area contributed by atoms with Crippen LogP contribution in [0.15, 0.2) is 47.6 Å². The minimum Gasteiger partial charge on any atom is -0.357 e. The topological polar surface area (TPSA) is 43.8 Å². The highest BCUT2D eigenvalue weighted by molar-refractivity contribution is 14.0. The van der Waals surface area contributed by atoms with Crippen LogP contribution in [0, 0.1) is 5.82 Å². The number of aromatic nitrogens is 1. The monoisotopic (exact) mass is 483 g/mol. The number of nitrogens with zero attached hydrogens (tertiary/aromatic N) is 4. The molecule has 0 bridgehead atoms. The molecule has 1 aliphatic rings. The molecule has 0 saturated carbocycles. The maximum atomic E-state index is 13.3. The summed E-state index contributed by atoms with van der Waals surface area (Å²) in [5.74, 6) is 1.60. The summed E-state index contributed by atoms with van der Waals surface area (Å²) in [7, 11) is 3.69. The van der Waals surface area contributed by atoms with Gasteiger partial charge in [0.05, 0.1) is 0 Å². The Morgan fingerprint density at radius 1 is 1.22 bits per heavy atom. The normalized spacial score (nSPS) is 14.0. The number of rotatable bonds is 5. The Labute approximate surface area is 177 Å². The van der Waals surface area contributed by atoms with Gasteiger partial charge in [-0.05, 0) is 42.2 Å². The molecule has 3 rings (SSSR count). The molecule has 0 radical (unpaired) electrons. The standard InChI is InChI=1S/C20H26FN5.HI/c1-22-20(25(2)15-16-6-5-7-18(21)12-16)24-14-17-8-9-19(23-13-17)26-10-3-4-11-26;/h5-9,12-13H,3-4,10-11,14-15H2,1-2H3,(H,22,24);1H. The Bertz CT molecular complexity index is 744. The van der Waals surface area contributed by atoms with Gasteiger partial charge in [0.1, 0.15) is 11.6 Å². The fraction of sp³-hybridized carbons (Fsp3) is 0.400. The molecule has 1 fully saturated rings. The van der Waals surface area contributed by atoms with E-state index >= 15 is 0 Å². The maximum absolute atomic E-state index is 13.3. The van der Waals surface area contributed by atoms with Gasteiger partial charge in [-0.3, -0.25) is 4.99 Å². The summed E-state index contributed by atoms with van der Waals surface area (Å²) >= 11 is 0. The number of pyridine rings is 1. The first kappa shape index (κ1) is 21.4. The molecule has 27 heavy (non-hydrogen) atoms. The first-order valence-corrected chi connectivity index (χ1v) is 9.02. The van der Waals surface area contributed by atoms with Crippen LogP contribution in [0.4, 0.5) is 10.2 Å². The van der Waals surface area contributed by atoms with Gasteiger partial charge in [-0.2, -0.15) is 0 Å². The Kier molecular flexibility index (Phi) is 8.27. The molecule has 146 valence electrons. The zero-order chi connectivity index (χ0) is 18.4. The van der Waals surface area contributed by atoms with Crippen molar-refractivity contribution < 1.29 is 4.39 Å². The highest BCUT2D eigenvalue weighted by Gasteiger charge is 2.13. The van der Waals surface area contributed by atoms with E-state index in [4.69, 9.17) is 0 Å². The average Bonchev–Trinajstić information content (AvgIpc) is 3.17. The Morgan fingerprint density at radius 2 is 2.00 bits per heavy atom. The van der Waals surface area contributed by atoms with Crippen molar-refractivity contribution in [1.29, 1.82) is 0 Å². The van der Waals surface area contributed by atoms with Gasteiger partial charge in [0, 0.05) is 46.5 Å². The van der Waals surface area contributed by atoms with E-state index < -0.39 is 0 Å². The summed E-state index contributed by atoms with van der Waals surface area (Å²) < 4.78 is 13.3. The maximum Gasteiger partial charge on any atom is 0.193 e. The molecule has 2 aromatic rings. The van der Waals surface area contributed by atoms with Crippen molar-refractivity contribution >= 4 is 35.8 Å². The van der Waals surface area contributed by atoms with Crippen molar-refractivity contribution in [2.45, 2.75) is 25.9 Å². The van der Waals surface area contributed by atoms with Crippen LogP contribution in [0.5, 0.6) is 0 Å². The van der Waals surface area contributed by atoms with E-state index in [1.807, 2.05) is 24.2 Å². The summed E-state index contributed by atoms with van der Waals surface area (Å²) in [6.45, 7) is 3.43. The van der Waals surface area contributed by atoms with Gasteiger partial charge in [0.2, 0.25) is 0 Å². The van der Waals surface area contributed by atoms with Crippen LogP contribution in [0.1, 0.15) is 24.0 Å². The molecule has 7 heteroatoms. The minimum absolute atomic E-state index is 0. The van der Waals surface area contributed by atoms with Crippen LogP contribution in [0.3, 0.4) is 0 Å². The van der Waals surface area contributed by atoms with E-state index in [9.17, 15) is 4.39 Å². The third-order valence-corrected chi connectivity index (χ3v) is 4.57. The Hall–Kier alpha value is -1.90. The van der Waals surface area contributed by atoms with Gasteiger partial charge in [0.15, 0.2) is 5.96 Å². The third kappa shape index (κ3) is 6.05. The highest BCUT2D eigenvalue weighted by atomic mass is 127. The predicted molar refractivity (Wildman–Crippen MR) is 119 cm³/mol. The van der Waals surface area contributed by atoms with Gasteiger partial charge in [-0.25, -0.2) is 9.37 Å². The number of anilines is 1. The van der Waals surface area contributed by atoms with E-state index in [0.717, 1.165) is 36.0 Å². The first-order chi connectivity index (χ1) is 12.7. The van der Waals surface area contributed by atoms with E-state index in [2.05, 4.69) is 32.3 Å². The second kappa shape index (κ2) is 10.4. The molecular formula is C20H27FIN5. The SMILES string of the molecule is CN=C(NCc1ccc(N2CCCC2)nc1)N(C)Cc1cccc(F)c1.I. The molecule has 2 heterocycles. The summed E-state index contributed by atoms with van der Waals surface area (Å²) in [6.07, 6.45) is 4.42. The molecule has 0 atom stereocenters. The fourth-order valence-electron chi connectivity index (χ4n) is 3.20. The van der Waals surface area contributed by atoms with Gasteiger partial charge < -0.3 is 15.1 Å². The van der Waals surface area contributed by atoms with Gasteiger partial charge in [0.25, 0.3) is 0 Å². The molecule has 0 spiro atoms. The van der Waals surface area contributed by atoms with Crippen LogP contribution < -0.4 is 10.2 Å². The molecule has 1 aromatic heterocycles. The lowest BCUT2D eigenvalue weighted by Gasteiger charge is -2.22. The smallest absolute Gasteiger partial charge is 0.193 e. The summed E-state index contributed by atoms with van der Waals surface area (Å²) in [4.78, 5) is 13.2. The second-order valence-corrected chi connectivity index (χ2v) is 6.61. The summed E-state index contributed by atoms with van der Waals surface area (Å²) in [6, 6.07) is 10.8. The molecule has 1 aliphatic heterocycles. The van der Waals surface area contributed by atoms with E-state index in [1.165, 1.54) is 18.9 Å². The molecular weight excluding hydrogens is 456 g/mol. The van der Waals surface area contributed by atoms with Crippen molar-refractivity contribution in [3.8, 4) is 0 Å². The second-order valence-electron chi connectivity index (χ2n) is 6.61. The molecule has 1 aromatic carbocycles. The lowest BCUT2D eigenvalue weighted by molar-refractivity contribution is 0.474. The number of nitrogens with one attached hydrogen (secondary N) is 1. The quantitative estimate of drug-likeness (QED) is 0.401.